The zero-order chi connectivity index (χ0) is 14.5. The van der Waals surface area contributed by atoms with Gasteiger partial charge in [-0.25, -0.2) is 4.79 Å². The number of carboxylic acids is 1. The summed E-state index contributed by atoms with van der Waals surface area (Å²) in [5.41, 5.74) is 0.0523. The van der Waals surface area contributed by atoms with Gasteiger partial charge in [0.15, 0.2) is 0 Å². The van der Waals surface area contributed by atoms with Crippen molar-refractivity contribution in [3.8, 4) is 0 Å². The van der Waals surface area contributed by atoms with Crippen molar-refractivity contribution in [2.24, 2.45) is 0 Å². The maximum absolute atomic E-state index is 12.0. The first-order valence-corrected chi connectivity index (χ1v) is 6.83. The first-order valence-electron chi connectivity index (χ1n) is 6.83. The lowest BCUT2D eigenvalue weighted by atomic mass is 9.75. The molecule has 6 nitrogen and oxygen atoms in total. The molecular formula is C13H25N3O3. The number of nitrogens with zero attached hydrogens (tertiary/aromatic N) is 2. The number of carbonyl (C=O) groups is 2. The predicted octanol–water partition coefficient (Wildman–Crippen LogP) is 0.977. The standard InChI is InChI=1S/C13H25N3O3/c1-4-8-16(9-11(17)18)12(19)14-10-13(15(2)3)6-5-7-13/h4-10H2,1-3H3,(H,14,19)(H,17,18). The highest BCUT2D eigenvalue weighted by molar-refractivity contribution is 5.80. The molecule has 110 valence electrons. The Hall–Kier alpha value is -1.30. The Morgan fingerprint density at radius 2 is 1.95 bits per heavy atom. The molecule has 1 rings (SSSR count). The highest BCUT2D eigenvalue weighted by Gasteiger charge is 2.39. The molecule has 19 heavy (non-hydrogen) atoms. The molecule has 1 fully saturated rings. The molecule has 1 aliphatic rings. The zero-order valence-electron chi connectivity index (χ0n) is 12.1. The number of nitrogens with one attached hydrogen (secondary N) is 1. The SMILES string of the molecule is CCCN(CC(=O)O)C(=O)NCC1(N(C)C)CCC1. The fourth-order valence-corrected chi connectivity index (χ4v) is 2.40. The van der Waals surface area contributed by atoms with Crippen molar-refractivity contribution in [2.45, 2.75) is 38.1 Å². The van der Waals surface area contributed by atoms with Crippen molar-refractivity contribution in [3.63, 3.8) is 0 Å². The number of urea groups is 1. The van der Waals surface area contributed by atoms with Gasteiger partial charge >= 0.3 is 12.0 Å². The van der Waals surface area contributed by atoms with Crippen LogP contribution in [0.2, 0.25) is 0 Å². The molecule has 1 saturated carbocycles. The second-order valence-corrected chi connectivity index (χ2v) is 5.45. The van der Waals surface area contributed by atoms with E-state index in [9.17, 15) is 9.59 Å². The van der Waals surface area contributed by atoms with E-state index in [4.69, 9.17) is 5.11 Å². The van der Waals surface area contributed by atoms with E-state index in [2.05, 4.69) is 10.2 Å². The molecule has 0 radical (unpaired) electrons. The van der Waals surface area contributed by atoms with Gasteiger partial charge in [0, 0.05) is 18.6 Å². The molecule has 0 atom stereocenters. The van der Waals surface area contributed by atoms with Crippen molar-refractivity contribution in [3.05, 3.63) is 0 Å². The van der Waals surface area contributed by atoms with E-state index in [1.165, 1.54) is 11.3 Å². The number of rotatable bonds is 7. The summed E-state index contributed by atoms with van der Waals surface area (Å²) < 4.78 is 0. The number of carbonyl (C=O) groups excluding carboxylic acids is 1. The number of hydrogen-bond acceptors (Lipinski definition) is 3. The lowest BCUT2D eigenvalue weighted by Gasteiger charge is -2.47. The van der Waals surface area contributed by atoms with Gasteiger partial charge in [0.1, 0.15) is 6.54 Å². The van der Waals surface area contributed by atoms with Crippen LogP contribution < -0.4 is 5.32 Å². The van der Waals surface area contributed by atoms with Gasteiger partial charge in [-0.2, -0.15) is 0 Å². The smallest absolute Gasteiger partial charge is 0.323 e. The Morgan fingerprint density at radius 3 is 2.32 bits per heavy atom. The van der Waals surface area contributed by atoms with Crippen LogP contribution in [-0.2, 0) is 4.79 Å². The first kappa shape index (κ1) is 15.8. The summed E-state index contributed by atoms with van der Waals surface area (Å²) in [6.07, 6.45) is 4.08. The Balaban J connectivity index is 2.49. The molecule has 0 aromatic rings. The molecule has 0 spiro atoms. The quantitative estimate of drug-likeness (QED) is 0.724. The van der Waals surface area contributed by atoms with E-state index < -0.39 is 5.97 Å². The molecule has 0 unspecified atom stereocenters. The third-order valence-corrected chi connectivity index (χ3v) is 3.91. The lowest BCUT2D eigenvalue weighted by molar-refractivity contribution is -0.137. The van der Waals surface area contributed by atoms with Crippen LogP contribution in [0.15, 0.2) is 0 Å². The van der Waals surface area contributed by atoms with Gasteiger partial charge in [0.25, 0.3) is 0 Å². The van der Waals surface area contributed by atoms with Crippen LogP contribution in [0.5, 0.6) is 0 Å². The van der Waals surface area contributed by atoms with Gasteiger partial charge < -0.3 is 20.2 Å². The molecular weight excluding hydrogens is 246 g/mol. The zero-order valence-corrected chi connectivity index (χ0v) is 12.1. The number of aliphatic carboxylic acids is 1. The largest absolute Gasteiger partial charge is 0.480 e. The summed E-state index contributed by atoms with van der Waals surface area (Å²) in [4.78, 5) is 26.2. The second kappa shape index (κ2) is 6.75. The normalized spacial score (nSPS) is 16.8. The van der Waals surface area contributed by atoms with Crippen LogP contribution in [-0.4, -0.2) is 66.2 Å². The lowest BCUT2D eigenvalue weighted by Crippen LogP contribution is -2.58. The van der Waals surface area contributed by atoms with Crippen LogP contribution in [0.1, 0.15) is 32.6 Å². The van der Waals surface area contributed by atoms with Crippen LogP contribution in [0.3, 0.4) is 0 Å². The van der Waals surface area contributed by atoms with E-state index in [-0.39, 0.29) is 18.1 Å². The fourth-order valence-electron chi connectivity index (χ4n) is 2.40. The number of carboxylic acid groups (broad SMARTS) is 1. The van der Waals surface area contributed by atoms with Crippen LogP contribution in [0, 0.1) is 0 Å². The molecule has 6 heteroatoms. The van der Waals surface area contributed by atoms with E-state index in [0.29, 0.717) is 13.1 Å². The fraction of sp³-hybridized carbons (Fsp3) is 0.846. The maximum Gasteiger partial charge on any atom is 0.323 e. The minimum absolute atomic E-state index is 0.0523. The van der Waals surface area contributed by atoms with Crippen molar-refractivity contribution in [1.82, 2.24) is 15.1 Å². The van der Waals surface area contributed by atoms with Crippen LogP contribution in [0.4, 0.5) is 4.79 Å². The number of amides is 2. The summed E-state index contributed by atoms with van der Waals surface area (Å²) >= 11 is 0. The summed E-state index contributed by atoms with van der Waals surface area (Å²) in [6.45, 7) is 2.73. The van der Waals surface area contributed by atoms with Crippen LogP contribution >= 0.6 is 0 Å². The van der Waals surface area contributed by atoms with Gasteiger partial charge in [-0.3, -0.25) is 4.79 Å². The number of hydrogen-bond donors (Lipinski definition) is 2. The van der Waals surface area contributed by atoms with E-state index >= 15 is 0 Å². The Labute approximate surface area is 114 Å². The van der Waals surface area contributed by atoms with E-state index in [0.717, 1.165) is 19.3 Å². The Morgan fingerprint density at radius 1 is 1.32 bits per heavy atom. The van der Waals surface area contributed by atoms with Gasteiger partial charge in [0.2, 0.25) is 0 Å². The highest BCUT2D eigenvalue weighted by Crippen LogP contribution is 2.35. The second-order valence-electron chi connectivity index (χ2n) is 5.45. The molecule has 0 heterocycles. The third-order valence-electron chi connectivity index (χ3n) is 3.91. The highest BCUT2D eigenvalue weighted by atomic mass is 16.4. The third kappa shape index (κ3) is 4.09. The van der Waals surface area contributed by atoms with E-state index in [1.54, 1.807) is 0 Å². The molecule has 0 saturated heterocycles. The van der Waals surface area contributed by atoms with Crippen LogP contribution in [0.25, 0.3) is 0 Å². The maximum atomic E-state index is 12.0. The summed E-state index contributed by atoms with van der Waals surface area (Å²) in [5.74, 6) is -0.977. The van der Waals surface area contributed by atoms with Gasteiger partial charge in [0.05, 0.1) is 0 Å². The minimum Gasteiger partial charge on any atom is -0.480 e. The van der Waals surface area contributed by atoms with Crippen molar-refractivity contribution in [1.29, 1.82) is 0 Å². The molecule has 2 N–H and O–H groups in total. The molecule has 0 aromatic carbocycles. The van der Waals surface area contributed by atoms with Gasteiger partial charge in [-0.15, -0.1) is 0 Å². The van der Waals surface area contributed by atoms with Gasteiger partial charge in [-0.05, 0) is 39.8 Å². The molecule has 2 amide bonds. The van der Waals surface area contributed by atoms with Crippen molar-refractivity contribution < 1.29 is 14.7 Å². The summed E-state index contributed by atoms with van der Waals surface area (Å²) in [7, 11) is 4.04. The molecule has 0 bridgehead atoms. The molecule has 1 aliphatic carbocycles. The Kier molecular flexibility index (Phi) is 5.60. The molecule has 0 aromatic heterocycles. The van der Waals surface area contributed by atoms with Gasteiger partial charge in [-0.1, -0.05) is 6.92 Å². The average molecular weight is 271 g/mol. The topological polar surface area (TPSA) is 72.9 Å². The van der Waals surface area contributed by atoms with Crippen molar-refractivity contribution in [2.75, 3.05) is 33.7 Å². The summed E-state index contributed by atoms with van der Waals surface area (Å²) in [5, 5.41) is 11.7. The molecule has 0 aliphatic heterocycles. The summed E-state index contributed by atoms with van der Waals surface area (Å²) in [6, 6.07) is -0.280. The predicted molar refractivity (Wildman–Crippen MR) is 73.2 cm³/mol. The Bertz CT molecular complexity index is 327. The first-order chi connectivity index (χ1) is 8.91. The average Bonchev–Trinajstić information content (AvgIpc) is 2.25. The minimum atomic E-state index is -0.977. The van der Waals surface area contributed by atoms with E-state index in [1.807, 2.05) is 21.0 Å². The monoisotopic (exact) mass is 271 g/mol. The van der Waals surface area contributed by atoms with Crippen molar-refractivity contribution >= 4 is 12.0 Å². The number of likely N-dealkylation sites (N-methyl/N-ethyl adjacent to an activating group) is 1.